The molecule has 100 valence electrons. The first-order chi connectivity index (χ1) is 8.97. The molecule has 0 bridgehead atoms. The molecule has 19 heavy (non-hydrogen) atoms. The summed E-state index contributed by atoms with van der Waals surface area (Å²) in [5.41, 5.74) is 0.793. The Morgan fingerprint density at radius 3 is 2.42 bits per heavy atom. The first-order valence-electron chi connectivity index (χ1n) is 5.58. The molecule has 2 aromatic rings. The van der Waals surface area contributed by atoms with Crippen LogP contribution in [0.2, 0.25) is 0 Å². The highest BCUT2D eigenvalue weighted by Gasteiger charge is 2.08. The third-order valence-electron chi connectivity index (χ3n) is 2.56. The molecule has 1 unspecified atom stereocenters. The predicted octanol–water partition coefficient (Wildman–Crippen LogP) is 4.93. The topological polar surface area (TPSA) is 20.2 Å². The van der Waals surface area contributed by atoms with E-state index >= 15 is 0 Å². The molecule has 5 heteroatoms. The van der Waals surface area contributed by atoms with Crippen molar-refractivity contribution in [3.63, 3.8) is 0 Å². The molecule has 0 saturated carbocycles. The van der Waals surface area contributed by atoms with Crippen molar-refractivity contribution in [2.45, 2.75) is 22.8 Å². The maximum absolute atomic E-state index is 13.1. The lowest BCUT2D eigenvalue weighted by Crippen LogP contribution is -1.91. The Morgan fingerprint density at radius 1 is 1.11 bits per heavy atom. The molecule has 0 aromatic heterocycles. The first kappa shape index (κ1) is 14.5. The number of aliphatic hydroxyl groups excluding tert-OH is 1. The van der Waals surface area contributed by atoms with E-state index in [0.29, 0.717) is 4.90 Å². The van der Waals surface area contributed by atoms with Gasteiger partial charge in [-0.1, -0.05) is 17.8 Å². The molecule has 0 aliphatic rings. The van der Waals surface area contributed by atoms with E-state index in [1.165, 1.54) is 17.8 Å². The van der Waals surface area contributed by atoms with Crippen molar-refractivity contribution in [2.24, 2.45) is 0 Å². The van der Waals surface area contributed by atoms with Crippen molar-refractivity contribution in [3.05, 3.63) is 58.1 Å². The molecule has 0 spiro atoms. The molecule has 0 radical (unpaired) electrons. The molecular weight excluding hydrogens is 334 g/mol. The molecule has 1 nitrogen and oxygen atoms in total. The van der Waals surface area contributed by atoms with Crippen LogP contribution in [0.3, 0.4) is 0 Å². The van der Waals surface area contributed by atoms with Crippen LogP contribution in [0.4, 0.5) is 8.78 Å². The Hall–Kier alpha value is -0.910. The van der Waals surface area contributed by atoms with Crippen LogP contribution in [0, 0.1) is 11.6 Å². The van der Waals surface area contributed by atoms with Gasteiger partial charge in [0.1, 0.15) is 0 Å². The highest BCUT2D eigenvalue weighted by atomic mass is 79.9. The van der Waals surface area contributed by atoms with Crippen LogP contribution in [0.25, 0.3) is 0 Å². The van der Waals surface area contributed by atoms with Gasteiger partial charge >= 0.3 is 0 Å². The fourth-order valence-electron chi connectivity index (χ4n) is 1.53. The number of aliphatic hydroxyl groups is 1. The maximum atomic E-state index is 13.1. The third kappa shape index (κ3) is 3.55. The largest absolute Gasteiger partial charge is 0.389 e. The quantitative estimate of drug-likeness (QED) is 0.851. The zero-order chi connectivity index (χ0) is 14.0. The van der Waals surface area contributed by atoms with Gasteiger partial charge in [-0.25, -0.2) is 8.78 Å². The van der Waals surface area contributed by atoms with E-state index in [-0.39, 0.29) is 0 Å². The lowest BCUT2D eigenvalue weighted by atomic mass is 10.1. The minimum Gasteiger partial charge on any atom is -0.389 e. The second-order valence-electron chi connectivity index (χ2n) is 4.04. The number of rotatable bonds is 3. The molecule has 0 saturated heterocycles. The highest BCUT2D eigenvalue weighted by molar-refractivity contribution is 9.10. The standard InChI is InChI=1S/C14H11BrF2OS/c1-8(18)9-2-5-14(11(15)6-9)19-10-3-4-12(16)13(17)7-10/h2-8,18H,1H3. The van der Waals surface area contributed by atoms with Gasteiger partial charge in [-0.3, -0.25) is 0 Å². The fourth-order valence-corrected chi connectivity index (χ4v) is 3.01. The van der Waals surface area contributed by atoms with E-state index in [0.717, 1.165) is 27.1 Å². The lowest BCUT2D eigenvalue weighted by Gasteiger charge is -2.09. The number of benzene rings is 2. The van der Waals surface area contributed by atoms with Crippen LogP contribution in [0.1, 0.15) is 18.6 Å². The van der Waals surface area contributed by atoms with Gasteiger partial charge in [-0.05, 0) is 58.7 Å². The van der Waals surface area contributed by atoms with E-state index in [1.54, 1.807) is 13.0 Å². The van der Waals surface area contributed by atoms with Crippen LogP contribution in [-0.2, 0) is 0 Å². The summed E-state index contributed by atoms with van der Waals surface area (Å²) in [4.78, 5) is 1.49. The summed E-state index contributed by atoms with van der Waals surface area (Å²) < 4.78 is 26.8. The summed E-state index contributed by atoms with van der Waals surface area (Å²) in [5, 5.41) is 9.48. The summed E-state index contributed by atoms with van der Waals surface area (Å²) >= 11 is 4.73. The first-order valence-corrected chi connectivity index (χ1v) is 7.18. The highest BCUT2D eigenvalue weighted by Crippen LogP contribution is 2.35. The van der Waals surface area contributed by atoms with E-state index in [9.17, 15) is 13.9 Å². The molecule has 0 amide bonds. The Bertz CT molecular complexity index is 602. The zero-order valence-corrected chi connectivity index (χ0v) is 12.4. The zero-order valence-electron chi connectivity index (χ0n) is 10.0. The molecule has 0 heterocycles. The second kappa shape index (κ2) is 6.03. The summed E-state index contributed by atoms with van der Waals surface area (Å²) in [7, 11) is 0. The Labute approximate surface area is 122 Å². The minimum absolute atomic E-state index is 0.543. The van der Waals surface area contributed by atoms with Crippen molar-refractivity contribution in [1.82, 2.24) is 0 Å². The van der Waals surface area contributed by atoms with Crippen LogP contribution in [0.15, 0.2) is 50.7 Å². The average Bonchev–Trinajstić information content (AvgIpc) is 2.36. The number of halogens is 3. The van der Waals surface area contributed by atoms with Crippen molar-refractivity contribution in [2.75, 3.05) is 0 Å². The van der Waals surface area contributed by atoms with Gasteiger partial charge in [-0.2, -0.15) is 0 Å². The van der Waals surface area contributed by atoms with Gasteiger partial charge in [0.25, 0.3) is 0 Å². The monoisotopic (exact) mass is 344 g/mol. The molecule has 0 aliphatic carbocycles. The molecule has 1 atom stereocenters. The van der Waals surface area contributed by atoms with Crippen LogP contribution >= 0.6 is 27.7 Å². The second-order valence-corrected chi connectivity index (χ2v) is 6.01. The molecular formula is C14H11BrF2OS. The smallest absolute Gasteiger partial charge is 0.159 e. The lowest BCUT2D eigenvalue weighted by molar-refractivity contribution is 0.199. The van der Waals surface area contributed by atoms with Gasteiger partial charge in [-0.15, -0.1) is 0 Å². The van der Waals surface area contributed by atoms with Crippen LogP contribution < -0.4 is 0 Å². The minimum atomic E-state index is -0.860. The van der Waals surface area contributed by atoms with E-state index in [4.69, 9.17) is 0 Å². The summed E-state index contributed by atoms with van der Waals surface area (Å²) in [5.74, 6) is -1.71. The third-order valence-corrected chi connectivity index (χ3v) is 4.54. The van der Waals surface area contributed by atoms with Crippen molar-refractivity contribution in [3.8, 4) is 0 Å². The van der Waals surface area contributed by atoms with Gasteiger partial charge in [0.15, 0.2) is 11.6 Å². The summed E-state index contributed by atoms with van der Waals surface area (Å²) in [6.45, 7) is 1.68. The number of hydrogen-bond acceptors (Lipinski definition) is 2. The van der Waals surface area contributed by atoms with Gasteiger partial charge in [0.2, 0.25) is 0 Å². The fraction of sp³-hybridized carbons (Fsp3) is 0.143. The normalized spacial score (nSPS) is 12.5. The van der Waals surface area contributed by atoms with E-state index < -0.39 is 17.7 Å². The van der Waals surface area contributed by atoms with Crippen molar-refractivity contribution < 1.29 is 13.9 Å². The average molecular weight is 345 g/mol. The Morgan fingerprint density at radius 2 is 1.84 bits per heavy atom. The molecule has 2 rings (SSSR count). The van der Waals surface area contributed by atoms with Crippen molar-refractivity contribution in [1.29, 1.82) is 0 Å². The van der Waals surface area contributed by atoms with Crippen LogP contribution in [0.5, 0.6) is 0 Å². The van der Waals surface area contributed by atoms with Crippen LogP contribution in [-0.4, -0.2) is 5.11 Å². The molecule has 1 N–H and O–H groups in total. The maximum Gasteiger partial charge on any atom is 0.159 e. The van der Waals surface area contributed by atoms with E-state index in [1.807, 2.05) is 12.1 Å². The summed E-state index contributed by atoms with van der Waals surface area (Å²) in [6, 6.07) is 9.24. The molecule has 0 fully saturated rings. The van der Waals surface area contributed by atoms with Gasteiger partial charge in [0, 0.05) is 14.3 Å². The molecule has 2 aromatic carbocycles. The Balaban J connectivity index is 2.25. The Kier molecular flexibility index (Phi) is 4.60. The van der Waals surface area contributed by atoms with Crippen molar-refractivity contribution >= 4 is 27.7 Å². The number of hydrogen-bond donors (Lipinski definition) is 1. The van der Waals surface area contributed by atoms with E-state index in [2.05, 4.69) is 15.9 Å². The van der Waals surface area contributed by atoms with Gasteiger partial charge in [0.05, 0.1) is 6.10 Å². The molecule has 0 aliphatic heterocycles. The SMILES string of the molecule is CC(O)c1ccc(Sc2ccc(F)c(F)c2)c(Br)c1. The predicted molar refractivity (Wildman–Crippen MR) is 75.3 cm³/mol. The summed E-state index contributed by atoms with van der Waals surface area (Å²) in [6.07, 6.45) is -0.543. The van der Waals surface area contributed by atoms with Gasteiger partial charge < -0.3 is 5.11 Å².